The van der Waals surface area contributed by atoms with E-state index in [0.29, 0.717) is 6.04 Å². The third-order valence-electron chi connectivity index (χ3n) is 3.21. The van der Waals surface area contributed by atoms with Crippen LogP contribution in [0.15, 0.2) is 42.5 Å². The summed E-state index contributed by atoms with van der Waals surface area (Å²) in [5.41, 5.74) is 1.12. The van der Waals surface area contributed by atoms with Crippen LogP contribution in [0, 0.1) is 3.57 Å². The van der Waals surface area contributed by atoms with E-state index in [-0.39, 0.29) is 0 Å². The van der Waals surface area contributed by atoms with Gasteiger partial charge in [-0.25, -0.2) is 0 Å². The molecule has 0 amide bonds. The van der Waals surface area contributed by atoms with Gasteiger partial charge in [0.25, 0.3) is 0 Å². The molecule has 1 aliphatic rings. The summed E-state index contributed by atoms with van der Waals surface area (Å²) in [5.74, 6) is 1.60. The van der Waals surface area contributed by atoms with Crippen molar-refractivity contribution in [2.24, 2.45) is 0 Å². The molecule has 0 bridgehead atoms. The van der Waals surface area contributed by atoms with Crippen molar-refractivity contribution < 1.29 is 4.74 Å². The largest absolute Gasteiger partial charge is 0.457 e. The highest BCUT2D eigenvalue weighted by atomic mass is 127. The number of hydrogen-bond donors (Lipinski definition) is 1. The summed E-state index contributed by atoms with van der Waals surface area (Å²) in [6.45, 7) is 0.826. The number of benzene rings is 2. The number of hydrogen-bond acceptors (Lipinski definition) is 2. The van der Waals surface area contributed by atoms with E-state index in [1.807, 2.05) is 42.5 Å². The molecule has 1 N–H and O–H groups in total. The fourth-order valence-electron chi connectivity index (χ4n) is 1.94. The summed E-state index contributed by atoms with van der Waals surface area (Å²) in [6, 6.07) is 14.5. The molecular weight excluding hydrogens is 385 g/mol. The van der Waals surface area contributed by atoms with Crippen LogP contribution in [0.5, 0.6) is 11.5 Å². The molecule has 20 heavy (non-hydrogen) atoms. The Bertz CT molecular complexity index is 613. The molecule has 1 aliphatic carbocycles. The molecule has 0 saturated heterocycles. The van der Waals surface area contributed by atoms with Crippen molar-refractivity contribution in [1.82, 2.24) is 5.32 Å². The van der Waals surface area contributed by atoms with Gasteiger partial charge in [-0.15, -0.1) is 0 Å². The lowest BCUT2D eigenvalue weighted by molar-refractivity contribution is 0.482. The maximum Gasteiger partial charge on any atom is 0.128 e. The minimum Gasteiger partial charge on any atom is -0.457 e. The Balaban J connectivity index is 1.69. The predicted octanol–water partition coefficient (Wildman–Crippen LogP) is 4.99. The second-order valence-electron chi connectivity index (χ2n) is 4.97. The van der Waals surface area contributed by atoms with Crippen LogP contribution in [0.3, 0.4) is 0 Å². The molecule has 3 rings (SSSR count). The number of rotatable bonds is 5. The predicted molar refractivity (Wildman–Crippen MR) is 90.5 cm³/mol. The highest BCUT2D eigenvalue weighted by Gasteiger charge is 2.20. The molecule has 0 spiro atoms. The van der Waals surface area contributed by atoms with E-state index in [4.69, 9.17) is 16.3 Å². The third-order valence-corrected chi connectivity index (χ3v) is 4.24. The smallest absolute Gasteiger partial charge is 0.128 e. The van der Waals surface area contributed by atoms with Crippen LogP contribution < -0.4 is 10.1 Å². The molecule has 0 aliphatic heterocycles. The highest BCUT2D eigenvalue weighted by molar-refractivity contribution is 14.1. The van der Waals surface area contributed by atoms with Crippen molar-refractivity contribution in [2.45, 2.75) is 25.4 Å². The van der Waals surface area contributed by atoms with Crippen LogP contribution in [0.1, 0.15) is 18.4 Å². The number of ether oxygens (including phenoxy) is 1. The van der Waals surface area contributed by atoms with Crippen molar-refractivity contribution in [2.75, 3.05) is 0 Å². The van der Waals surface area contributed by atoms with Gasteiger partial charge < -0.3 is 10.1 Å². The molecule has 0 heterocycles. The number of nitrogens with one attached hydrogen (secondary N) is 1. The molecule has 0 radical (unpaired) electrons. The van der Waals surface area contributed by atoms with Crippen molar-refractivity contribution >= 4 is 34.2 Å². The third kappa shape index (κ3) is 3.87. The van der Waals surface area contributed by atoms with Gasteiger partial charge in [-0.3, -0.25) is 0 Å². The van der Waals surface area contributed by atoms with E-state index in [9.17, 15) is 0 Å². The van der Waals surface area contributed by atoms with Gasteiger partial charge in [-0.1, -0.05) is 23.7 Å². The summed E-state index contributed by atoms with van der Waals surface area (Å²) in [6.07, 6.45) is 2.57. The first-order valence-corrected chi connectivity index (χ1v) is 8.11. The first-order chi connectivity index (χ1) is 9.70. The lowest BCUT2D eigenvalue weighted by Gasteiger charge is -2.10. The summed E-state index contributed by atoms with van der Waals surface area (Å²) in [4.78, 5) is 0. The Morgan fingerprint density at radius 1 is 1.15 bits per heavy atom. The fraction of sp³-hybridized carbons (Fsp3) is 0.250. The zero-order chi connectivity index (χ0) is 13.9. The van der Waals surface area contributed by atoms with E-state index in [1.54, 1.807) is 0 Å². The second-order valence-corrected chi connectivity index (χ2v) is 6.62. The van der Waals surface area contributed by atoms with Gasteiger partial charge in [0.2, 0.25) is 0 Å². The summed E-state index contributed by atoms with van der Waals surface area (Å²) in [5, 5.41) is 4.22. The molecule has 0 unspecified atom stereocenters. The van der Waals surface area contributed by atoms with Gasteiger partial charge in [-0.05, 0) is 71.3 Å². The molecule has 104 valence electrons. The van der Waals surface area contributed by atoms with E-state index >= 15 is 0 Å². The van der Waals surface area contributed by atoms with E-state index in [1.165, 1.54) is 12.8 Å². The standard InChI is InChI=1S/C16H15ClINO/c17-16-9-15(20-14-3-1-2-12(18)8-14)7-4-11(16)10-19-13-5-6-13/h1-4,7-9,13,19H,5-6,10H2. The lowest BCUT2D eigenvalue weighted by Crippen LogP contribution is -2.15. The maximum atomic E-state index is 6.31. The molecule has 1 fully saturated rings. The molecule has 0 atom stereocenters. The molecule has 2 aromatic carbocycles. The molecule has 2 nitrogen and oxygen atoms in total. The van der Waals surface area contributed by atoms with Crippen LogP contribution in [0.25, 0.3) is 0 Å². The minimum absolute atomic E-state index is 0.688. The normalized spacial score (nSPS) is 14.3. The van der Waals surface area contributed by atoms with Gasteiger partial charge in [0.1, 0.15) is 11.5 Å². The second kappa shape index (κ2) is 6.33. The Kier molecular flexibility index (Phi) is 4.48. The van der Waals surface area contributed by atoms with Crippen LogP contribution in [0.4, 0.5) is 0 Å². The van der Waals surface area contributed by atoms with Gasteiger partial charge in [0.05, 0.1) is 0 Å². The Morgan fingerprint density at radius 3 is 2.65 bits per heavy atom. The SMILES string of the molecule is Clc1cc(Oc2cccc(I)c2)ccc1CNC1CC1. The molecule has 4 heteroatoms. The quantitative estimate of drug-likeness (QED) is 0.715. The Morgan fingerprint density at radius 2 is 1.95 bits per heavy atom. The number of halogens is 2. The van der Waals surface area contributed by atoms with E-state index in [0.717, 1.165) is 32.2 Å². The van der Waals surface area contributed by atoms with E-state index in [2.05, 4.69) is 27.9 Å². The maximum absolute atomic E-state index is 6.31. The first-order valence-electron chi connectivity index (χ1n) is 6.66. The van der Waals surface area contributed by atoms with Crippen molar-refractivity contribution in [1.29, 1.82) is 0 Å². The average Bonchev–Trinajstić information content (AvgIpc) is 3.22. The topological polar surface area (TPSA) is 21.3 Å². The summed E-state index contributed by atoms with van der Waals surface area (Å²) < 4.78 is 6.97. The molecular formula is C16H15ClINO. The van der Waals surface area contributed by atoms with E-state index < -0.39 is 0 Å². The van der Waals surface area contributed by atoms with Crippen LogP contribution >= 0.6 is 34.2 Å². The monoisotopic (exact) mass is 399 g/mol. The van der Waals surface area contributed by atoms with Crippen LogP contribution in [-0.4, -0.2) is 6.04 Å². The van der Waals surface area contributed by atoms with Crippen molar-refractivity contribution in [3.63, 3.8) is 0 Å². The molecule has 1 saturated carbocycles. The summed E-state index contributed by atoms with van der Waals surface area (Å²) >= 11 is 8.58. The van der Waals surface area contributed by atoms with Gasteiger partial charge in [0, 0.05) is 21.2 Å². The van der Waals surface area contributed by atoms with Gasteiger partial charge >= 0.3 is 0 Å². The lowest BCUT2D eigenvalue weighted by atomic mass is 10.2. The van der Waals surface area contributed by atoms with Crippen molar-refractivity contribution in [3.05, 3.63) is 56.6 Å². The minimum atomic E-state index is 0.688. The first kappa shape index (κ1) is 14.2. The van der Waals surface area contributed by atoms with Gasteiger partial charge in [0.15, 0.2) is 0 Å². The van der Waals surface area contributed by atoms with Gasteiger partial charge in [-0.2, -0.15) is 0 Å². The molecule has 0 aromatic heterocycles. The Labute approximate surface area is 137 Å². The fourth-order valence-corrected chi connectivity index (χ4v) is 2.70. The Hall–Kier alpha value is -0.780. The highest BCUT2D eigenvalue weighted by Crippen LogP contribution is 2.28. The average molecular weight is 400 g/mol. The zero-order valence-corrected chi connectivity index (χ0v) is 13.8. The zero-order valence-electron chi connectivity index (χ0n) is 10.9. The molecule has 2 aromatic rings. The van der Waals surface area contributed by atoms with Crippen LogP contribution in [0.2, 0.25) is 5.02 Å². The van der Waals surface area contributed by atoms with Crippen LogP contribution in [-0.2, 0) is 6.54 Å². The summed E-state index contributed by atoms with van der Waals surface area (Å²) in [7, 11) is 0. The van der Waals surface area contributed by atoms with Crippen molar-refractivity contribution in [3.8, 4) is 11.5 Å².